The molecule has 0 spiro atoms. The predicted octanol–water partition coefficient (Wildman–Crippen LogP) is 6.28. The standard InChI is InChI=1S/C32H27ClN2O6/c1-38-26-15-20(16-27(39-2)29(26)33)28-24-14-13-23(41-18-19-7-5-4-6-8-19)17-25(24)31(36)35(30(28)32(37)40-3)22-11-9-21(34)10-12-22/h4-17H,18,34H2,1-3H3. The van der Waals surface area contributed by atoms with Crippen LogP contribution in [0, 0.1) is 0 Å². The second-order valence-electron chi connectivity index (χ2n) is 9.12. The minimum absolute atomic E-state index is 0.0131. The molecule has 0 unspecified atom stereocenters. The van der Waals surface area contributed by atoms with E-state index in [1.165, 1.54) is 25.9 Å². The van der Waals surface area contributed by atoms with Crippen LogP contribution in [-0.2, 0) is 11.3 Å². The van der Waals surface area contributed by atoms with E-state index in [-0.39, 0.29) is 10.7 Å². The van der Waals surface area contributed by atoms with Gasteiger partial charge in [-0.05, 0) is 71.1 Å². The Labute approximate surface area is 241 Å². The number of benzene rings is 4. The third-order valence-electron chi connectivity index (χ3n) is 6.67. The molecule has 0 amide bonds. The molecule has 0 bridgehead atoms. The molecule has 0 atom stereocenters. The number of fused-ring (bicyclic) bond motifs is 1. The third-order valence-corrected chi connectivity index (χ3v) is 7.04. The largest absolute Gasteiger partial charge is 0.495 e. The highest BCUT2D eigenvalue weighted by Gasteiger charge is 2.27. The summed E-state index contributed by atoms with van der Waals surface area (Å²) in [4.78, 5) is 27.6. The van der Waals surface area contributed by atoms with Gasteiger partial charge in [-0.3, -0.25) is 9.36 Å². The van der Waals surface area contributed by atoms with E-state index in [2.05, 4.69) is 0 Å². The summed E-state index contributed by atoms with van der Waals surface area (Å²) in [6.45, 7) is 0.317. The van der Waals surface area contributed by atoms with Gasteiger partial charge in [-0.15, -0.1) is 0 Å². The summed E-state index contributed by atoms with van der Waals surface area (Å²) >= 11 is 6.46. The van der Waals surface area contributed by atoms with Gasteiger partial charge in [0.05, 0.1) is 26.7 Å². The van der Waals surface area contributed by atoms with Crippen LogP contribution in [0.3, 0.4) is 0 Å². The number of halogens is 1. The lowest BCUT2D eigenvalue weighted by Gasteiger charge is -2.20. The Morgan fingerprint density at radius 1 is 0.854 bits per heavy atom. The van der Waals surface area contributed by atoms with Crippen molar-refractivity contribution >= 4 is 34.0 Å². The topological polar surface area (TPSA) is 102 Å². The van der Waals surface area contributed by atoms with E-state index in [4.69, 9.17) is 36.3 Å². The van der Waals surface area contributed by atoms with Crippen LogP contribution in [0.1, 0.15) is 16.1 Å². The SMILES string of the molecule is COC(=O)c1c(-c2cc(OC)c(Cl)c(OC)c2)c2ccc(OCc3ccccc3)cc2c(=O)n1-c1ccc(N)cc1. The Morgan fingerprint density at radius 3 is 2.12 bits per heavy atom. The highest BCUT2D eigenvalue weighted by atomic mass is 35.5. The summed E-state index contributed by atoms with van der Waals surface area (Å²) in [7, 11) is 4.22. The average Bonchev–Trinajstić information content (AvgIpc) is 3.01. The first-order valence-electron chi connectivity index (χ1n) is 12.6. The second-order valence-corrected chi connectivity index (χ2v) is 9.50. The van der Waals surface area contributed by atoms with E-state index in [0.717, 1.165) is 5.56 Å². The molecule has 0 aliphatic rings. The van der Waals surface area contributed by atoms with Gasteiger partial charge in [0.2, 0.25) is 0 Å². The molecule has 0 saturated carbocycles. The van der Waals surface area contributed by atoms with Crippen molar-refractivity contribution in [3.05, 3.63) is 112 Å². The summed E-state index contributed by atoms with van der Waals surface area (Å²) in [6, 6.07) is 24.9. The van der Waals surface area contributed by atoms with E-state index >= 15 is 0 Å². The van der Waals surface area contributed by atoms with Crippen molar-refractivity contribution < 1.29 is 23.7 Å². The minimum atomic E-state index is -0.715. The Kier molecular flexibility index (Phi) is 7.85. The van der Waals surface area contributed by atoms with Crippen molar-refractivity contribution in [2.75, 3.05) is 27.1 Å². The maximum atomic E-state index is 14.2. The first-order valence-corrected chi connectivity index (χ1v) is 13.0. The van der Waals surface area contributed by atoms with Crippen LogP contribution >= 0.6 is 11.6 Å². The maximum Gasteiger partial charge on any atom is 0.355 e. The van der Waals surface area contributed by atoms with Gasteiger partial charge in [-0.2, -0.15) is 0 Å². The molecule has 0 aliphatic heterocycles. The van der Waals surface area contributed by atoms with Gasteiger partial charge in [0.15, 0.2) is 0 Å². The van der Waals surface area contributed by atoms with Gasteiger partial charge in [0.25, 0.3) is 5.56 Å². The third kappa shape index (κ3) is 5.29. The molecule has 0 radical (unpaired) electrons. The minimum Gasteiger partial charge on any atom is -0.495 e. The van der Waals surface area contributed by atoms with Crippen LogP contribution in [0.4, 0.5) is 5.69 Å². The van der Waals surface area contributed by atoms with Crippen LogP contribution < -0.4 is 25.5 Å². The fourth-order valence-electron chi connectivity index (χ4n) is 4.68. The van der Waals surface area contributed by atoms with Crippen molar-refractivity contribution in [2.45, 2.75) is 6.61 Å². The zero-order valence-corrected chi connectivity index (χ0v) is 23.4. The summed E-state index contributed by atoms with van der Waals surface area (Å²) in [5.74, 6) is 0.439. The zero-order valence-electron chi connectivity index (χ0n) is 22.6. The van der Waals surface area contributed by atoms with Gasteiger partial charge in [0.1, 0.15) is 34.6 Å². The van der Waals surface area contributed by atoms with E-state index in [0.29, 0.717) is 57.1 Å². The summed E-state index contributed by atoms with van der Waals surface area (Å²) in [5.41, 5.74) is 8.36. The number of carbonyl (C=O) groups is 1. The lowest BCUT2D eigenvalue weighted by Crippen LogP contribution is -2.27. The zero-order chi connectivity index (χ0) is 29.1. The molecule has 1 aromatic heterocycles. The molecular formula is C32H27ClN2O6. The quantitative estimate of drug-likeness (QED) is 0.173. The van der Waals surface area contributed by atoms with Crippen LogP contribution in [0.5, 0.6) is 17.2 Å². The van der Waals surface area contributed by atoms with E-state index in [1.54, 1.807) is 54.6 Å². The number of hydrogen-bond acceptors (Lipinski definition) is 7. The predicted molar refractivity (Wildman–Crippen MR) is 160 cm³/mol. The molecule has 208 valence electrons. The summed E-state index contributed by atoms with van der Waals surface area (Å²) < 4.78 is 23.6. The molecular weight excluding hydrogens is 544 g/mol. The van der Waals surface area contributed by atoms with Gasteiger partial charge < -0.3 is 24.7 Å². The maximum absolute atomic E-state index is 14.2. The van der Waals surface area contributed by atoms with Crippen molar-refractivity contribution in [2.24, 2.45) is 0 Å². The number of anilines is 1. The summed E-state index contributed by atoms with van der Waals surface area (Å²) in [5, 5.41) is 1.09. The number of nitrogens with zero attached hydrogens (tertiary/aromatic N) is 1. The fourth-order valence-corrected chi connectivity index (χ4v) is 4.94. The molecule has 1 heterocycles. The summed E-state index contributed by atoms with van der Waals surface area (Å²) in [6.07, 6.45) is 0. The molecule has 5 aromatic rings. The van der Waals surface area contributed by atoms with Gasteiger partial charge in [0, 0.05) is 16.9 Å². The number of esters is 1. The number of nitrogen functional groups attached to an aromatic ring is 1. The molecule has 9 heteroatoms. The highest BCUT2D eigenvalue weighted by Crippen LogP contribution is 2.42. The van der Waals surface area contributed by atoms with Crippen molar-refractivity contribution in [1.82, 2.24) is 4.57 Å². The Balaban J connectivity index is 1.84. The number of rotatable bonds is 8. The Hall–Kier alpha value is -4.95. The molecule has 4 aromatic carbocycles. The van der Waals surface area contributed by atoms with Gasteiger partial charge >= 0.3 is 5.97 Å². The van der Waals surface area contributed by atoms with Gasteiger partial charge in [-0.25, -0.2) is 4.79 Å². The first kappa shape index (κ1) is 27.6. The van der Waals surface area contributed by atoms with Gasteiger partial charge in [-0.1, -0.05) is 41.9 Å². The van der Waals surface area contributed by atoms with E-state index < -0.39 is 11.5 Å². The number of nitrogens with two attached hydrogens (primary N) is 1. The number of ether oxygens (including phenoxy) is 4. The molecule has 2 N–H and O–H groups in total. The number of hydrogen-bond donors (Lipinski definition) is 1. The normalized spacial score (nSPS) is 10.8. The molecule has 8 nitrogen and oxygen atoms in total. The fraction of sp³-hybridized carbons (Fsp3) is 0.125. The molecule has 0 fully saturated rings. The molecule has 41 heavy (non-hydrogen) atoms. The number of carbonyl (C=O) groups excluding carboxylic acids is 1. The first-order chi connectivity index (χ1) is 19.9. The van der Waals surface area contributed by atoms with Crippen LogP contribution in [0.15, 0.2) is 89.7 Å². The van der Waals surface area contributed by atoms with Crippen LogP contribution in [0.25, 0.3) is 27.6 Å². The molecule has 0 aliphatic carbocycles. The van der Waals surface area contributed by atoms with E-state index in [1.807, 2.05) is 30.3 Å². The van der Waals surface area contributed by atoms with Crippen molar-refractivity contribution in [3.8, 4) is 34.1 Å². The number of methoxy groups -OCH3 is 3. The van der Waals surface area contributed by atoms with Crippen LogP contribution in [0.2, 0.25) is 5.02 Å². The number of pyridine rings is 1. The number of aromatic nitrogens is 1. The average molecular weight is 571 g/mol. The van der Waals surface area contributed by atoms with Crippen molar-refractivity contribution in [1.29, 1.82) is 0 Å². The molecule has 5 rings (SSSR count). The Morgan fingerprint density at radius 2 is 1.51 bits per heavy atom. The smallest absolute Gasteiger partial charge is 0.355 e. The van der Waals surface area contributed by atoms with E-state index in [9.17, 15) is 9.59 Å². The second kappa shape index (κ2) is 11.7. The highest BCUT2D eigenvalue weighted by molar-refractivity contribution is 6.33. The Bertz CT molecular complexity index is 1780. The molecule has 0 saturated heterocycles. The van der Waals surface area contributed by atoms with Crippen molar-refractivity contribution in [3.63, 3.8) is 0 Å². The monoisotopic (exact) mass is 570 g/mol. The lowest BCUT2D eigenvalue weighted by molar-refractivity contribution is 0.0591. The van der Waals surface area contributed by atoms with Crippen LogP contribution in [-0.4, -0.2) is 31.9 Å². The lowest BCUT2D eigenvalue weighted by atomic mass is 9.95.